The topological polar surface area (TPSA) is 219 Å². The van der Waals surface area contributed by atoms with Gasteiger partial charge in [0.2, 0.25) is 20.0 Å². The zero-order valence-corrected chi connectivity index (χ0v) is 28.6. The van der Waals surface area contributed by atoms with Crippen LogP contribution in [0.3, 0.4) is 0 Å². The fraction of sp³-hybridized carbons (Fsp3) is 0.704. The van der Waals surface area contributed by atoms with Crippen LogP contribution in [0.15, 0.2) is 18.6 Å². The Balaban J connectivity index is 0.000000277. The molecule has 2 aromatic heterocycles. The number of rotatable bonds is 11. The molecular weight excluding hydrogens is 642 g/mol. The van der Waals surface area contributed by atoms with Gasteiger partial charge in [-0.1, -0.05) is 13.8 Å². The predicted molar refractivity (Wildman–Crippen MR) is 174 cm³/mol. The standard InChI is InChI=1S/C17H26N6O4S.C10H21N3O4S/c1-12-5-8-23(28(25,26)9-7-19-17(24)27-3)10-14(12)22(2)16-13-4-6-18-15(13)20-11-21-16;1-8-3-5-13(7-9(8)11-2)18(16,17)6-4-12-10(14)15/h4,6,11-12,14H,5,7-10H2,1-3H3,(H,19,24)(H,18,20,21);8-9,11-12H,3-7H2,1-2H3,(H,14,15). The summed E-state index contributed by atoms with van der Waals surface area (Å²) >= 11 is 0. The second-order valence-electron chi connectivity index (χ2n) is 11.5. The van der Waals surface area contributed by atoms with E-state index in [9.17, 15) is 26.4 Å². The van der Waals surface area contributed by atoms with Gasteiger partial charge in [0.25, 0.3) is 0 Å². The van der Waals surface area contributed by atoms with Gasteiger partial charge in [0.15, 0.2) is 0 Å². The van der Waals surface area contributed by atoms with Crippen molar-refractivity contribution >= 4 is 49.1 Å². The van der Waals surface area contributed by atoms with Crippen molar-refractivity contribution in [3.05, 3.63) is 18.6 Å². The summed E-state index contributed by atoms with van der Waals surface area (Å²) in [6, 6.07) is 2.05. The summed E-state index contributed by atoms with van der Waals surface area (Å²) in [6.45, 7) is 5.95. The zero-order valence-electron chi connectivity index (χ0n) is 27.0. The number of hydrogen-bond acceptors (Lipinski definition) is 11. The minimum Gasteiger partial charge on any atom is -0.465 e. The lowest BCUT2D eigenvalue weighted by Crippen LogP contribution is -2.53. The smallest absolute Gasteiger partial charge is 0.406 e. The van der Waals surface area contributed by atoms with Crippen LogP contribution in [-0.4, -0.2) is 142 Å². The van der Waals surface area contributed by atoms with E-state index in [0.29, 0.717) is 38.0 Å². The highest BCUT2D eigenvalue weighted by Crippen LogP contribution is 2.29. The van der Waals surface area contributed by atoms with E-state index >= 15 is 0 Å². The second kappa shape index (κ2) is 16.5. The van der Waals surface area contributed by atoms with Gasteiger partial charge in [-0.05, 0) is 37.8 Å². The van der Waals surface area contributed by atoms with Gasteiger partial charge in [0.05, 0.1) is 24.0 Å². The lowest BCUT2D eigenvalue weighted by atomic mass is 9.93. The van der Waals surface area contributed by atoms with E-state index in [1.54, 1.807) is 0 Å². The lowest BCUT2D eigenvalue weighted by molar-refractivity contribution is 0.171. The highest BCUT2D eigenvalue weighted by Gasteiger charge is 2.36. The third-order valence-electron chi connectivity index (χ3n) is 8.58. The Morgan fingerprint density at radius 2 is 1.63 bits per heavy atom. The molecule has 4 rings (SSSR count). The first-order valence-electron chi connectivity index (χ1n) is 15.1. The average Bonchev–Trinajstić information content (AvgIpc) is 3.50. The Labute approximate surface area is 270 Å². The SMILES string of the molecule is CNC1CN(S(=O)(=O)CCNC(=O)O)CCC1C.COC(=O)NCCS(=O)(=O)N1CCC(C)C(N(C)c2ncnc3[nH]ccc23)C1. The van der Waals surface area contributed by atoms with Crippen LogP contribution in [-0.2, 0) is 24.8 Å². The van der Waals surface area contributed by atoms with Crippen molar-refractivity contribution in [1.29, 1.82) is 0 Å². The number of carbonyl (C=O) groups excluding carboxylic acids is 1. The summed E-state index contributed by atoms with van der Waals surface area (Å²) in [7, 11) is -1.87. The third-order valence-corrected chi connectivity index (χ3v) is 12.3. The van der Waals surface area contributed by atoms with Gasteiger partial charge < -0.3 is 35.7 Å². The fourth-order valence-electron chi connectivity index (χ4n) is 5.64. The maximum Gasteiger partial charge on any atom is 0.406 e. The Morgan fingerprint density at radius 3 is 2.24 bits per heavy atom. The van der Waals surface area contributed by atoms with E-state index in [2.05, 4.69) is 49.5 Å². The number of nitrogens with one attached hydrogen (secondary N) is 4. The number of methoxy groups -OCH3 is 1. The molecule has 2 fully saturated rings. The summed E-state index contributed by atoms with van der Waals surface area (Å²) in [6.07, 6.45) is 3.04. The molecule has 4 unspecified atom stereocenters. The Kier molecular flexibility index (Phi) is 13.4. The normalized spacial score (nSPS) is 22.8. The molecule has 2 aliphatic rings. The van der Waals surface area contributed by atoms with E-state index < -0.39 is 32.2 Å². The van der Waals surface area contributed by atoms with Crippen LogP contribution < -0.4 is 20.9 Å². The van der Waals surface area contributed by atoms with Gasteiger partial charge in [-0.25, -0.2) is 40.7 Å². The predicted octanol–water partition coefficient (Wildman–Crippen LogP) is 0.304. The number of ether oxygens (including phenoxy) is 1. The van der Waals surface area contributed by atoms with Crippen LogP contribution in [0, 0.1) is 11.8 Å². The molecule has 2 aromatic rings. The number of carbonyl (C=O) groups is 2. The van der Waals surface area contributed by atoms with Gasteiger partial charge in [-0.15, -0.1) is 0 Å². The van der Waals surface area contributed by atoms with Crippen LogP contribution in [0.5, 0.6) is 0 Å². The number of nitrogens with zero attached hydrogens (tertiary/aromatic N) is 5. The number of fused-ring (bicyclic) bond motifs is 1. The molecule has 0 radical (unpaired) electrons. The van der Waals surface area contributed by atoms with E-state index in [1.165, 1.54) is 22.0 Å². The van der Waals surface area contributed by atoms with Gasteiger partial charge in [-0.2, -0.15) is 4.31 Å². The number of anilines is 1. The van der Waals surface area contributed by atoms with E-state index in [0.717, 1.165) is 29.7 Å². The van der Waals surface area contributed by atoms with E-state index in [4.69, 9.17) is 5.11 Å². The summed E-state index contributed by atoms with van der Waals surface area (Å²) in [5.41, 5.74) is 0.749. The average molecular weight is 690 g/mol. The molecule has 19 heteroatoms. The van der Waals surface area contributed by atoms with Crippen molar-refractivity contribution < 1.29 is 36.3 Å². The minimum atomic E-state index is -3.49. The van der Waals surface area contributed by atoms with Gasteiger partial charge in [0, 0.05) is 64.6 Å². The van der Waals surface area contributed by atoms with Crippen molar-refractivity contribution in [3.63, 3.8) is 0 Å². The van der Waals surface area contributed by atoms with Crippen LogP contribution in [0.2, 0.25) is 0 Å². The quantitative estimate of drug-likeness (QED) is 0.215. The summed E-state index contributed by atoms with van der Waals surface area (Å²) in [5.74, 6) is 1.16. The molecule has 5 N–H and O–H groups in total. The molecule has 4 atom stereocenters. The number of alkyl carbamates (subject to hydrolysis) is 1. The number of carboxylic acid groups (broad SMARTS) is 1. The molecular formula is C27H47N9O8S2. The monoisotopic (exact) mass is 689 g/mol. The van der Waals surface area contributed by atoms with Gasteiger partial charge in [-0.3, -0.25) is 0 Å². The number of aromatic nitrogens is 3. The molecule has 4 heterocycles. The molecule has 0 aromatic carbocycles. The maximum absolute atomic E-state index is 12.7. The van der Waals surface area contributed by atoms with Crippen LogP contribution in [0.1, 0.15) is 26.7 Å². The Morgan fingerprint density at radius 1 is 1.02 bits per heavy atom. The van der Waals surface area contributed by atoms with Crippen molar-refractivity contribution in [2.24, 2.45) is 11.8 Å². The second-order valence-corrected chi connectivity index (χ2v) is 15.7. The number of likely N-dealkylation sites (N-methyl/N-ethyl adjacent to an activating group) is 2. The van der Waals surface area contributed by atoms with Crippen molar-refractivity contribution in [1.82, 2.24) is 39.5 Å². The number of H-pyrrole nitrogens is 1. The molecule has 2 saturated heterocycles. The highest BCUT2D eigenvalue weighted by atomic mass is 32.2. The Hall–Kier alpha value is -3.26. The number of aromatic amines is 1. The van der Waals surface area contributed by atoms with Crippen molar-refractivity contribution in [2.75, 3.05) is 76.9 Å². The highest BCUT2D eigenvalue weighted by molar-refractivity contribution is 7.89. The number of sulfonamides is 2. The minimum absolute atomic E-state index is 0.0114. The molecule has 0 bridgehead atoms. The van der Waals surface area contributed by atoms with Crippen LogP contribution in [0.25, 0.3) is 11.0 Å². The largest absolute Gasteiger partial charge is 0.465 e. The van der Waals surface area contributed by atoms with Crippen molar-refractivity contribution in [3.8, 4) is 0 Å². The summed E-state index contributed by atoms with van der Waals surface area (Å²) < 4.78 is 56.9. The van der Waals surface area contributed by atoms with Gasteiger partial charge in [0.1, 0.15) is 17.8 Å². The lowest BCUT2D eigenvalue weighted by Gasteiger charge is -2.41. The molecule has 2 aliphatic heterocycles. The van der Waals surface area contributed by atoms with Crippen LogP contribution >= 0.6 is 0 Å². The van der Waals surface area contributed by atoms with Crippen LogP contribution in [0.4, 0.5) is 15.4 Å². The molecule has 46 heavy (non-hydrogen) atoms. The molecule has 2 amide bonds. The molecule has 17 nitrogen and oxygen atoms in total. The van der Waals surface area contributed by atoms with Crippen molar-refractivity contribution in [2.45, 2.75) is 38.8 Å². The van der Waals surface area contributed by atoms with E-state index in [1.807, 2.05) is 31.3 Å². The first-order valence-corrected chi connectivity index (χ1v) is 18.3. The first kappa shape index (κ1) is 37.2. The number of piperidine rings is 2. The van der Waals surface area contributed by atoms with Gasteiger partial charge >= 0.3 is 12.2 Å². The zero-order chi connectivity index (χ0) is 34.1. The molecule has 0 spiro atoms. The maximum atomic E-state index is 12.7. The van der Waals surface area contributed by atoms with E-state index in [-0.39, 0.29) is 36.7 Å². The Bertz CT molecular complexity index is 1520. The molecule has 260 valence electrons. The fourth-order valence-corrected chi connectivity index (χ4v) is 8.41. The molecule has 0 saturated carbocycles. The first-order chi connectivity index (χ1) is 21.7. The third kappa shape index (κ3) is 9.87. The summed E-state index contributed by atoms with van der Waals surface area (Å²) in [5, 5.41) is 16.9. The number of hydrogen-bond donors (Lipinski definition) is 5. The molecule has 0 aliphatic carbocycles. The number of amides is 2. The summed E-state index contributed by atoms with van der Waals surface area (Å²) in [4.78, 5) is 35.2.